The van der Waals surface area contributed by atoms with Crippen LogP contribution in [0.3, 0.4) is 0 Å². The summed E-state index contributed by atoms with van der Waals surface area (Å²) in [6.45, 7) is 0. The SMILES string of the molecule is COc1cc2ccccc2cc1C(=O)Nc1nc2c(Cl)cccc2s1. The summed E-state index contributed by atoms with van der Waals surface area (Å²) in [7, 11) is 1.55. The molecule has 0 unspecified atom stereocenters. The molecule has 0 aliphatic heterocycles. The maximum Gasteiger partial charge on any atom is 0.261 e. The molecule has 0 aliphatic rings. The van der Waals surface area contributed by atoms with Crippen LogP contribution in [-0.2, 0) is 0 Å². The minimum atomic E-state index is -0.266. The molecule has 0 radical (unpaired) electrons. The molecule has 1 heterocycles. The minimum absolute atomic E-state index is 0.266. The number of nitrogens with one attached hydrogen (secondary N) is 1. The number of hydrogen-bond acceptors (Lipinski definition) is 4. The first-order valence-electron chi connectivity index (χ1n) is 7.59. The summed E-state index contributed by atoms with van der Waals surface area (Å²) in [5.74, 6) is 0.258. The van der Waals surface area contributed by atoms with Gasteiger partial charge in [0, 0.05) is 0 Å². The molecule has 124 valence electrons. The number of fused-ring (bicyclic) bond motifs is 2. The number of carbonyl (C=O) groups excluding carboxylic acids is 1. The maximum atomic E-state index is 12.7. The van der Waals surface area contributed by atoms with Crippen molar-refractivity contribution >= 4 is 55.0 Å². The fraction of sp³-hybridized carbons (Fsp3) is 0.0526. The molecular weight excluding hydrogens is 356 g/mol. The van der Waals surface area contributed by atoms with Crippen LogP contribution >= 0.6 is 22.9 Å². The molecule has 4 rings (SSSR count). The number of rotatable bonds is 3. The van der Waals surface area contributed by atoms with Crippen molar-refractivity contribution in [1.29, 1.82) is 0 Å². The third-order valence-corrected chi connectivity index (χ3v) is 5.14. The van der Waals surface area contributed by atoms with Gasteiger partial charge in [-0.05, 0) is 35.0 Å². The molecule has 0 fully saturated rings. The summed E-state index contributed by atoms with van der Waals surface area (Å²) < 4.78 is 6.32. The van der Waals surface area contributed by atoms with Crippen molar-refractivity contribution in [3.63, 3.8) is 0 Å². The van der Waals surface area contributed by atoms with Crippen LogP contribution in [0.5, 0.6) is 5.75 Å². The zero-order valence-electron chi connectivity index (χ0n) is 13.2. The van der Waals surface area contributed by atoms with Crippen LogP contribution in [-0.4, -0.2) is 18.0 Å². The molecule has 6 heteroatoms. The van der Waals surface area contributed by atoms with Gasteiger partial charge in [0.15, 0.2) is 5.13 Å². The lowest BCUT2D eigenvalue weighted by Gasteiger charge is -2.09. The Morgan fingerprint density at radius 1 is 1.12 bits per heavy atom. The Morgan fingerprint density at radius 3 is 2.60 bits per heavy atom. The molecule has 1 aromatic heterocycles. The maximum absolute atomic E-state index is 12.7. The summed E-state index contributed by atoms with van der Waals surface area (Å²) in [6.07, 6.45) is 0. The summed E-state index contributed by atoms with van der Waals surface area (Å²) in [4.78, 5) is 17.2. The van der Waals surface area contributed by atoms with Gasteiger partial charge in [-0.2, -0.15) is 0 Å². The number of ether oxygens (including phenoxy) is 1. The largest absolute Gasteiger partial charge is 0.496 e. The molecule has 0 aliphatic carbocycles. The van der Waals surface area contributed by atoms with E-state index in [0.717, 1.165) is 15.5 Å². The van der Waals surface area contributed by atoms with E-state index in [1.54, 1.807) is 13.2 Å². The second kappa shape index (κ2) is 6.35. The van der Waals surface area contributed by atoms with Crippen molar-refractivity contribution in [3.05, 3.63) is 65.2 Å². The molecule has 0 atom stereocenters. The van der Waals surface area contributed by atoms with Crippen LogP contribution in [0.2, 0.25) is 5.02 Å². The van der Waals surface area contributed by atoms with E-state index in [9.17, 15) is 4.79 Å². The predicted octanol–water partition coefficient (Wildman–Crippen LogP) is 5.36. The van der Waals surface area contributed by atoms with Crippen LogP contribution in [0.1, 0.15) is 10.4 Å². The van der Waals surface area contributed by atoms with E-state index >= 15 is 0 Å². The molecule has 0 spiro atoms. The van der Waals surface area contributed by atoms with Gasteiger partial charge >= 0.3 is 0 Å². The van der Waals surface area contributed by atoms with Gasteiger partial charge in [0.05, 0.1) is 22.4 Å². The van der Waals surface area contributed by atoms with Crippen LogP contribution in [0.4, 0.5) is 5.13 Å². The highest BCUT2D eigenvalue weighted by atomic mass is 35.5. The van der Waals surface area contributed by atoms with Crippen molar-refractivity contribution in [3.8, 4) is 5.75 Å². The number of aromatic nitrogens is 1. The average molecular weight is 369 g/mol. The zero-order chi connectivity index (χ0) is 17.4. The van der Waals surface area contributed by atoms with E-state index in [1.165, 1.54) is 11.3 Å². The number of para-hydroxylation sites is 1. The molecule has 0 saturated heterocycles. The highest BCUT2D eigenvalue weighted by molar-refractivity contribution is 7.22. The number of nitrogens with zero attached hydrogens (tertiary/aromatic N) is 1. The van der Waals surface area contributed by atoms with Crippen molar-refractivity contribution in [1.82, 2.24) is 4.98 Å². The summed E-state index contributed by atoms with van der Waals surface area (Å²) in [6, 6.07) is 17.1. The number of thiazole rings is 1. The molecule has 0 bridgehead atoms. The Labute approximate surface area is 153 Å². The van der Waals surface area contributed by atoms with Crippen molar-refractivity contribution < 1.29 is 9.53 Å². The monoisotopic (exact) mass is 368 g/mol. The van der Waals surface area contributed by atoms with Crippen LogP contribution in [0.15, 0.2) is 54.6 Å². The van der Waals surface area contributed by atoms with E-state index in [-0.39, 0.29) is 5.91 Å². The summed E-state index contributed by atoms with van der Waals surface area (Å²) in [5, 5.41) is 5.90. The number of carbonyl (C=O) groups is 1. The fourth-order valence-electron chi connectivity index (χ4n) is 2.70. The van der Waals surface area contributed by atoms with Crippen molar-refractivity contribution in [2.75, 3.05) is 12.4 Å². The standard InChI is InChI=1S/C19H13ClN2O2S/c1-24-15-10-12-6-3-2-5-11(12)9-13(15)18(23)22-19-21-17-14(20)7-4-8-16(17)25-19/h2-10H,1H3,(H,21,22,23). The van der Waals surface area contributed by atoms with E-state index in [2.05, 4.69) is 10.3 Å². The number of methoxy groups -OCH3 is 1. The van der Waals surface area contributed by atoms with E-state index in [0.29, 0.717) is 27.0 Å². The molecule has 1 amide bonds. The van der Waals surface area contributed by atoms with Gasteiger partial charge in [-0.25, -0.2) is 4.98 Å². The second-order valence-corrected chi connectivity index (χ2v) is 6.90. The van der Waals surface area contributed by atoms with Crippen molar-refractivity contribution in [2.24, 2.45) is 0 Å². The van der Waals surface area contributed by atoms with E-state index in [4.69, 9.17) is 16.3 Å². The first-order chi connectivity index (χ1) is 12.2. The lowest BCUT2D eigenvalue weighted by molar-refractivity contribution is 0.102. The molecule has 4 nitrogen and oxygen atoms in total. The highest BCUT2D eigenvalue weighted by Crippen LogP contribution is 2.32. The molecular formula is C19H13ClN2O2S. The lowest BCUT2D eigenvalue weighted by Crippen LogP contribution is -2.13. The minimum Gasteiger partial charge on any atom is -0.496 e. The number of amides is 1. The third-order valence-electron chi connectivity index (χ3n) is 3.90. The van der Waals surface area contributed by atoms with Gasteiger partial charge in [-0.15, -0.1) is 0 Å². The Morgan fingerprint density at radius 2 is 1.88 bits per heavy atom. The van der Waals surface area contributed by atoms with E-state index in [1.807, 2.05) is 48.5 Å². The van der Waals surface area contributed by atoms with Gasteiger partial charge < -0.3 is 4.74 Å². The number of halogens is 1. The first kappa shape index (κ1) is 15.9. The number of benzene rings is 3. The molecule has 4 aromatic rings. The van der Waals surface area contributed by atoms with Crippen LogP contribution in [0.25, 0.3) is 21.0 Å². The van der Waals surface area contributed by atoms with Gasteiger partial charge in [0.25, 0.3) is 5.91 Å². The molecule has 0 saturated carbocycles. The Balaban J connectivity index is 1.72. The summed E-state index contributed by atoms with van der Waals surface area (Å²) >= 11 is 7.53. The number of anilines is 1. The normalized spacial score (nSPS) is 11.0. The third kappa shape index (κ3) is 2.92. The van der Waals surface area contributed by atoms with Gasteiger partial charge in [0.1, 0.15) is 11.3 Å². The Bertz CT molecular complexity index is 1110. The van der Waals surface area contributed by atoms with Gasteiger partial charge in [-0.1, -0.05) is 53.3 Å². The van der Waals surface area contributed by atoms with Gasteiger partial charge in [-0.3, -0.25) is 10.1 Å². The molecule has 3 aromatic carbocycles. The second-order valence-electron chi connectivity index (χ2n) is 5.46. The fourth-order valence-corrected chi connectivity index (χ4v) is 3.86. The smallest absolute Gasteiger partial charge is 0.261 e. The Hall–Kier alpha value is -2.63. The quantitative estimate of drug-likeness (QED) is 0.529. The molecule has 25 heavy (non-hydrogen) atoms. The average Bonchev–Trinajstić information content (AvgIpc) is 3.04. The number of hydrogen-bond donors (Lipinski definition) is 1. The van der Waals surface area contributed by atoms with Crippen LogP contribution in [0, 0.1) is 0 Å². The van der Waals surface area contributed by atoms with Crippen molar-refractivity contribution in [2.45, 2.75) is 0 Å². The Kier molecular flexibility index (Phi) is 4.03. The predicted molar refractivity (Wildman–Crippen MR) is 103 cm³/mol. The summed E-state index contributed by atoms with van der Waals surface area (Å²) in [5.41, 5.74) is 1.15. The first-order valence-corrected chi connectivity index (χ1v) is 8.78. The zero-order valence-corrected chi connectivity index (χ0v) is 14.8. The lowest BCUT2D eigenvalue weighted by atomic mass is 10.1. The topological polar surface area (TPSA) is 51.2 Å². The molecule has 1 N–H and O–H groups in total. The van der Waals surface area contributed by atoms with Gasteiger partial charge in [0.2, 0.25) is 0 Å². The van der Waals surface area contributed by atoms with Crippen LogP contribution < -0.4 is 10.1 Å². The highest BCUT2D eigenvalue weighted by Gasteiger charge is 2.16. The van der Waals surface area contributed by atoms with E-state index < -0.39 is 0 Å².